The largest absolute Gasteiger partial charge is 0.352 e. The molecule has 3 rings (SSSR count). The van der Waals surface area contributed by atoms with Crippen molar-refractivity contribution in [3.8, 4) is 5.69 Å². The number of nitrogens with zero attached hydrogens (tertiary/aromatic N) is 2. The van der Waals surface area contributed by atoms with Crippen LogP contribution >= 0.6 is 0 Å². The first-order valence-corrected chi connectivity index (χ1v) is 8.85. The van der Waals surface area contributed by atoms with Gasteiger partial charge in [0, 0.05) is 25.4 Å². The summed E-state index contributed by atoms with van der Waals surface area (Å²) in [6.45, 7) is 0.870. The number of aromatic nitrogens is 2. The van der Waals surface area contributed by atoms with Gasteiger partial charge >= 0.3 is 0 Å². The van der Waals surface area contributed by atoms with Crippen molar-refractivity contribution in [3.63, 3.8) is 0 Å². The smallest absolute Gasteiger partial charge is 0.220 e. The number of carbonyl (C=O) groups excluding carboxylic acids is 1. The molecule has 1 heterocycles. The topological polar surface area (TPSA) is 72.9 Å². The van der Waals surface area contributed by atoms with E-state index in [1.165, 1.54) is 12.5 Å². The molecule has 0 atom stereocenters. The number of rotatable bonds is 6. The van der Waals surface area contributed by atoms with Crippen LogP contribution in [0.2, 0.25) is 0 Å². The lowest BCUT2D eigenvalue weighted by atomic mass is 9.71. The van der Waals surface area contributed by atoms with E-state index in [0.29, 0.717) is 25.2 Å². The van der Waals surface area contributed by atoms with Gasteiger partial charge in [0.1, 0.15) is 5.82 Å². The van der Waals surface area contributed by atoms with Gasteiger partial charge in [0.25, 0.3) is 0 Å². The number of nitrogens with two attached hydrogens (primary N) is 1. The summed E-state index contributed by atoms with van der Waals surface area (Å²) in [7, 11) is 0. The minimum atomic E-state index is -0.338. The van der Waals surface area contributed by atoms with E-state index in [1.807, 2.05) is 6.07 Å². The van der Waals surface area contributed by atoms with Gasteiger partial charge in [-0.1, -0.05) is 25.3 Å². The second-order valence-corrected chi connectivity index (χ2v) is 6.97. The van der Waals surface area contributed by atoms with Crippen molar-refractivity contribution in [3.05, 3.63) is 48.3 Å². The number of carbonyl (C=O) groups is 1. The highest BCUT2D eigenvalue weighted by Gasteiger charge is 2.32. The van der Waals surface area contributed by atoms with Crippen LogP contribution in [0, 0.1) is 11.2 Å². The van der Waals surface area contributed by atoms with Gasteiger partial charge in [0.05, 0.1) is 12.0 Å². The summed E-state index contributed by atoms with van der Waals surface area (Å²) in [6.07, 6.45) is 10.9. The lowest BCUT2D eigenvalue weighted by molar-refractivity contribution is -0.124. The maximum Gasteiger partial charge on any atom is 0.220 e. The van der Waals surface area contributed by atoms with Gasteiger partial charge in [0.2, 0.25) is 5.91 Å². The zero-order valence-electron chi connectivity index (χ0n) is 14.4. The van der Waals surface area contributed by atoms with Gasteiger partial charge in [-0.15, -0.1) is 0 Å². The molecule has 1 aromatic carbocycles. The van der Waals surface area contributed by atoms with Crippen LogP contribution < -0.4 is 11.1 Å². The van der Waals surface area contributed by atoms with Gasteiger partial charge in [-0.05, 0) is 42.5 Å². The number of amides is 1. The molecule has 1 aliphatic carbocycles. The Morgan fingerprint density at radius 1 is 1.32 bits per heavy atom. The first-order chi connectivity index (χ1) is 12.1. The van der Waals surface area contributed by atoms with E-state index in [0.717, 1.165) is 31.2 Å². The molecule has 1 saturated carbocycles. The minimum Gasteiger partial charge on any atom is -0.352 e. The highest BCUT2D eigenvalue weighted by molar-refractivity contribution is 5.76. The molecule has 3 N–H and O–H groups in total. The van der Waals surface area contributed by atoms with E-state index in [-0.39, 0.29) is 17.1 Å². The van der Waals surface area contributed by atoms with Crippen molar-refractivity contribution in [2.24, 2.45) is 11.1 Å². The van der Waals surface area contributed by atoms with Gasteiger partial charge in [0.15, 0.2) is 0 Å². The monoisotopic (exact) mass is 344 g/mol. The third kappa shape index (κ3) is 4.25. The summed E-state index contributed by atoms with van der Waals surface area (Å²) in [5, 5.41) is 2.91. The molecule has 0 bridgehead atoms. The average molecular weight is 344 g/mol. The van der Waals surface area contributed by atoms with E-state index in [9.17, 15) is 9.18 Å². The molecule has 25 heavy (non-hydrogen) atoms. The third-order valence-corrected chi connectivity index (χ3v) is 5.17. The van der Waals surface area contributed by atoms with Crippen LogP contribution in [0.4, 0.5) is 4.39 Å². The zero-order valence-corrected chi connectivity index (χ0v) is 14.4. The lowest BCUT2D eigenvalue weighted by Gasteiger charge is -2.35. The molecule has 1 fully saturated rings. The molecule has 134 valence electrons. The number of imidazole rings is 1. The van der Waals surface area contributed by atoms with Crippen molar-refractivity contribution < 1.29 is 9.18 Å². The Hall–Kier alpha value is -2.21. The van der Waals surface area contributed by atoms with Crippen LogP contribution in [0.1, 0.15) is 44.1 Å². The van der Waals surface area contributed by atoms with Gasteiger partial charge in [-0.25, -0.2) is 9.37 Å². The number of hydrogen-bond donors (Lipinski definition) is 2. The van der Waals surface area contributed by atoms with Crippen molar-refractivity contribution in [2.75, 3.05) is 6.54 Å². The Kier molecular flexibility index (Phi) is 5.48. The predicted octanol–water partition coefficient (Wildman–Crippen LogP) is 2.93. The number of hydrogen-bond acceptors (Lipinski definition) is 3. The number of nitrogens with one attached hydrogen (secondary N) is 1. The summed E-state index contributed by atoms with van der Waals surface area (Å²) < 4.78 is 15.9. The standard InChI is InChI=1S/C19H25FN4O/c20-16-10-15(4-5-17(16)24-9-8-22-14-24)12-23-18(25)11-19(13-21)6-2-1-3-7-19/h4-5,8-10,14H,1-3,6-7,11-13,21H2,(H,23,25). The Morgan fingerprint density at radius 3 is 2.76 bits per heavy atom. The van der Waals surface area contributed by atoms with Gasteiger partial charge in [-0.2, -0.15) is 0 Å². The summed E-state index contributed by atoms with van der Waals surface area (Å²) in [4.78, 5) is 16.2. The van der Waals surface area contributed by atoms with E-state index in [2.05, 4.69) is 10.3 Å². The fourth-order valence-electron chi connectivity index (χ4n) is 3.63. The molecule has 6 heteroatoms. The van der Waals surface area contributed by atoms with Crippen molar-refractivity contribution in [2.45, 2.75) is 45.1 Å². The fourth-order valence-corrected chi connectivity index (χ4v) is 3.63. The molecular weight excluding hydrogens is 319 g/mol. The Labute approximate surface area is 147 Å². The molecule has 1 aliphatic rings. The number of benzene rings is 1. The summed E-state index contributed by atoms with van der Waals surface area (Å²) in [5.41, 5.74) is 7.06. The van der Waals surface area contributed by atoms with Crippen molar-refractivity contribution in [1.82, 2.24) is 14.9 Å². The minimum absolute atomic E-state index is 0.00792. The molecule has 0 unspecified atom stereocenters. The summed E-state index contributed by atoms with van der Waals surface area (Å²) in [5.74, 6) is -0.345. The van der Waals surface area contributed by atoms with E-state index in [1.54, 1.807) is 29.4 Å². The molecule has 0 spiro atoms. The second-order valence-electron chi connectivity index (χ2n) is 6.97. The van der Waals surface area contributed by atoms with Gasteiger partial charge < -0.3 is 15.6 Å². The van der Waals surface area contributed by atoms with Crippen LogP contribution in [0.3, 0.4) is 0 Å². The quantitative estimate of drug-likeness (QED) is 0.846. The van der Waals surface area contributed by atoms with E-state index >= 15 is 0 Å². The van der Waals surface area contributed by atoms with Crippen LogP contribution in [-0.4, -0.2) is 22.0 Å². The predicted molar refractivity (Wildman–Crippen MR) is 94.6 cm³/mol. The Morgan fingerprint density at radius 2 is 2.12 bits per heavy atom. The molecule has 1 aromatic heterocycles. The average Bonchev–Trinajstić information content (AvgIpc) is 3.15. The van der Waals surface area contributed by atoms with Crippen LogP contribution in [0.5, 0.6) is 0 Å². The maximum atomic E-state index is 14.2. The van der Waals surface area contributed by atoms with Crippen molar-refractivity contribution >= 4 is 5.91 Å². The highest BCUT2D eigenvalue weighted by Crippen LogP contribution is 2.38. The molecule has 0 saturated heterocycles. The highest BCUT2D eigenvalue weighted by atomic mass is 19.1. The molecule has 2 aromatic rings. The first kappa shape index (κ1) is 17.6. The normalized spacial score (nSPS) is 16.6. The van der Waals surface area contributed by atoms with E-state index < -0.39 is 0 Å². The first-order valence-electron chi connectivity index (χ1n) is 8.85. The zero-order chi connectivity index (χ0) is 17.7. The van der Waals surface area contributed by atoms with Crippen LogP contribution in [-0.2, 0) is 11.3 Å². The maximum absolute atomic E-state index is 14.2. The molecule has 0 aliphatic heterocycles. The summed E-state index contributed by atoms with van der Waals surface area (Å²) >= 11 is 0. The molecule has 0 radical (unpaired) electrons. The Balaban J connectivity index is 1.58. The third-order valence-electron chi connectivity index (χ3n) is 5.17. The van der Waals surface area contributed by atoms with E-state index in [4.69, 9.17) is 5.73 Å². The Bertz CT molecular complexity index is 708. The van der Waals surface area contributed by atoms with Crippen LogP contribution in [0.15, 0.2) is 36.9 Å². The lowest BCUT2D eigenvalue weighted by Crippen LogP contribution is -2.38. The second kappa shape index (κ2) is 7.78. The summed E-state index contributed by atoms with van der Waals surface area (Å²) in [6, 6.07) is 4.97. The fraction of sp³-hybridized carbons (Fsp3) is 0.474. The molecule has 1 amide bonds. The van der Waals surface area contributed by atoms with Crippen molar-refractivity contribution in [1.29, 1.82) is 0 Å². The molecule has 5 nitrogen and oxygen atoms in total. The SMILES string of the molecule is NCC1(CC(=O)NCc2ccc(-n3ccnc3)c(F)c2)CCCCC1. The molecular formula is C19H25FN4O. The van der Waals surface area contributed by atoms with Crippen LogP contribution in [0.25, 0.3) is 5.69 Å². The number of halogens is 1. The van der Waals surface area contributed by atoms with Gasteiger partial charge in [-0.3, -0.25) is 4.79 Å².